The molecule has 2 fully saturated rings. The summed E-state index contributed by atoms with van der Waals surface area (Å²) in [5.74, 6) is 0.183. The van der Waals surface area contributed by atoms with Gasteiger partial charge in [0.1, 0.15) is 0 Å². The summed E-state index contributed by atoms with van der Waals surface area (Å²) < 4.78 is 37.4. The van der Waals surface area contributed by atoms with Crippen molar-refractivity contribution in [2.45, 2.75) is 31.7 Å². The van der Waals surface area contributed by atoms with Crippen LogP contribution in [0.3, 0.4) is 0 Å². The van der Waals surface area contributed by atoms with Crippen molar-refractivity contribution in [1.82, 2.24) is 19.4 Å². The fourth-order valence-electron chi connectivity index (χ4n) is 3.82. The smallest absolute Gasteiger partial charge is 0.409 e. The number of rotatable bonds is 8. The Morgan fingerprint density at radius 1 is 1.03 bits per heavy atom. The van der Waals surface area contributed by atoms with Crippen LogP contribution in [0.5, 0.6) is 0 Å². The molecule has 2 amide bonds. The van der Waals surface area contributed by atoms with Crippen LogP contribution in [0, 0.1) is 5.92 Å². The second-order valence-corrected chi connectivity index (χ2v) is 11.0. The second kappa shape index (κ2) is 12.5. The topological polar surface area (TPSA) is 108 Å². The maximum atomic E-state index is 12.7. The van der Waals surface area contributed by atoms with Crippen molar-refractivity contribution in [3.05, 3.63) is 29.8 Å². The number of nitrogens with one attached hydrogen (secondary N) is 1. The number of hydrogen-bond acceptors (Lipinski definition) is 7. The number of carbonyl (C=O) groups excluding carboxylic acids is 2. The van der Waals surface area contributed by atoms with Crippen molar-refractivity contribution >= 4 is 22.0 Å². The van der Waals surface area contributed by atoms with Crippen LogP contribution in [0.2, 0.25) is 0 Å². The Labute approximate surface area is 202 Å². The zero-order valence-electron chi connectivity index (χ0n) is 20.1. The van der Waals surface area contributed by atoms with E-state index in [1.54, 1.807) is 29.2 Å². The molecule has 2 aliphatic rings. The molecule has 3 rings (SSSR count). The summed E-state index contributed by atoms with van der Waals surface area (Å²) in [6, 6.07) is 6.60. The molecular weight excluding hydrogens is 460 g/mol. The van der Waals surface area contributed by atoms with Gasteiger partial charge in [-0.3, -0.25) is 9.69 Å². The number of morpholine rings is 1. The van der Waals surface area contributed by atoms with E-state index in [4.69, 9.17) is 9.47 Å². The molecule has 1 aromatic rings. The van der Waals surface area contributed by atoms with Gasteiger partial charge in [-0.1, -0.05) is 26.0 Å². The summed E-state index contributed by atoms with van der Waals surface area (Å²) in [6.45, 7) is 8.97. The summed E-state index contributed by atoms with van der Waals surface area (Å²) in [6.07, 6.45) is 0.488. The zero-order valence-corrected chi connectivity index (χ0v) is 20.9. The number of benzene rings is 1. The van der Waals surface area contributed by atoms with E-state index in [-0.39, 0.29) is 23.4 Å². The van der Waals surface area contributed by atoms with Gasteiger partial charge in [-0.15, -0.1) is 0 Å². The molecule has 1 aromatic carbocycles. The molecule has 2 heterocycles. The third-order valence-electron chi connectivity index (χ3n) is 5.77. The van der Waals surface area contributed by atoms with Gasteiger partial charge in [0.15, 0.2) is 0 Å². The van der Waals surface area contributed by atoms with Crippen LogP contribution >= 0.6 is 0 Å². The molecule has 34 heavy (non-hydrogen) atoms. The summed E-state index contributed by atoms with van der Waals surface area (Å²) in [7, 11) is -3.53. The van der Waals surface area contributed by atoms with E-state index in [0.29, 0.717) is 65.0 Å². The summed E-state index contributed by atoms with van der Waals surface area (Å²) in [5, 5.41) is 2.89. The quantitative estimate of drug-likeness (QED) is 0.575. The molecule has 2 saturated heterocycles. The molecule has 190 valence electrons. The number of carbonyl (C=O) groups is 2. The Balaban J connectivity index is 1.43. The van der Waals surface area contributed by atoms with Gasteiger partial charge >= 0.3 is 6.09 Å². The van der Waals surface area contributed by atoms with E-state index in [1.807, 2.05) is 18.7 Å². The number of amides is 2. The van der Waals surface area contributed by atoms with E-state index >= 15 is 0 Å². The lowest BCUT2D eigenvalue weighted by atomic mass is 10.2. The molecule has 0 bridgehead atoms. The van der Waals surface area contributed by atoms with E-state index in [9.17, 15) is 18.0 Å². The molecule has 0 atom stereocenters. The molecule has 2 aliphatic heterocycles. The first kappa shape index (κ1) is 26.4. The largest absolute Gasteiger partial charge is 0.449 e. The summed E-state index contributed by atoms with van der Waals surface area (Å²) >= 11 is 0. The van der Waals surface area contributed by atoms with Crippen LogP contribution in [0.25, 0.3) is 0 Å². The van der Waals surface area contributed by atoms with Crippen LogP contribution in [-0.4, -0.2) is 100 Å². The molecule has 0 aliphatic carbocycles. The van der Waals surface area contributed by atoms with Gasteiger partial charge in [0.2, 0.25) is 15.9 Å². The predicted octanol–water partition coefficient (Wildman–Crippen LogP) is 1.12. The monoisotopic (exact) mass is 496 g/mol. The molecule has 0 spiro atoms. The Kier molecular flexibility index (Phi) is 9.69. The van der Waals surface area contributed by atoms with Gasteiger partial charge in [-0.2, -0.15) is 4.31 Å². The number of sulfonamides is 1. The van der Waals surface area contributed by atoms with Crippen molar-refractivity contribution in [2.75, 3.05) is 65.6 Å². The minimum Gasteiger partial charge on any atom is -0.449 e. The number of hydrogen-bond donors (Lipinski definition) is 1. The number of nitrogens with zero attached hydrogens (tertiary/aromatic N) is 3. The SMILES string of the molecule is CC(C)COC(=O)N1CCCN(CC(=O)NCc2ccc(S(=O)(=O)N3CCOCC3)cc2)CC1. The second-order valence-electron chi connectivity index (χ2n) is 9.02. The molecule has 0 aromatic heterocycles. The highest BCUT2D eigenvalue weighted by atomic mass is 32.2. The molecule has 11 heteroatoms. The van der Waals surface area contributed by atoms with Crippen LogP contribution in [0.15, 0.2) is 29.2 Å². The fraction of sp³-hybridized carbons (Fsp3) is 0.652. The first-order chi connectivity index (χ1) is 16.3. The Morgan fingerprint density at radius 3 is 2.41 bits per heavy atom. The van der Waals surface area contributed by atoms with Crippen molar-refractivity contribution in [3.8, 4) is 0 Å². The normalized spacial score (nSPS) is 18.5. The van der Waals surface area contributed by atoms with Crippen molar-refractivity contribution in [1.29, 1.82) is 0 Å². The Bertz CT molecular complexity index is 916. The third-order valence-corrected chi connectivity index (χ3v) is 7.69. The highest BCUT2D eigenvalue weighted by Gasteiger charge is 2.26. The highest BCUT2D eigenvalue weighted by Crippen LogP contribution is 2.17. The molecule has 0 radical (unpaired) electrons. The number of ether oxygens (including phenoxy) is 2. The molecule has 0 unspecified atom stereocenters. The minimum absolute atomic E-state index is 0.110. The zero-order chi connectivity index (χ0) is 24.6. The van der Waals surface area contributed by atoms with E-state index < -0.39 is 10.0 Å². The minimum atomic E-state index is -3.53. The van der Waals surface area contributed by atoms with Gasteiger partial charge in [0, 0.05) is 45.8 Å². The first-order valence-electron chi connectivity index (χ1n) is 11.8. The average molecular weight is 497 g/mol. The van der Waals surface area contributed by atoms with Crippen LogP contribution in [-0.2, 0) is 30.8 Å². The molecule has 0 saturated carbocycles. The maximum absolute atomic E-state index is 12.7. The Hall–Kier alpha value is -2.21. The fourth-order valence-corrected chi connectivity index (χ4v) is 5.22. The standard InChI is InChI=1S/C23H36N4O6S/c1-19(2)18-33-23(29)26-9-3-8-25(10-11-26)17-22(28)24-16-20-4-6-21(7-5-20)34(30,31)27-12-14-32-15-13-27/h4-7,19H,3,8-18H2,1-2H3,(H,24,28). The van der Waals surface area contributed by atoms with Gasteiger partial charge in [0.25, 0.3) is 0 Å². The first-order valence-corrected chi connectivity index (χ1v) is 13.3. The molecular formula is C23H36N4O6S. The van der Waals surface area contributed by atoms with Crippen LogP contribution < -0.4 is 5.32 Å². The Morgan fingerprint density at radius 2 is 1.74 bits per heavy atom. The van der Waals surface area contributed by atoms with Crippen molar-refractivity contribution in [2.24, 2.45) is 5.92 Å². The van der Waals surface area contributed by atoms with Crippen molar-refractivity contribution < 1.29 is 27.5 Å². The van der Waals surface area contributed by atoms with E-state index in [0.717, 1.165) is 18.5 Å². The van der Waals surface area contributed by atoms with E-state index in [2.05, 4.69) is 5.32 Å². The van der Waals surface area contributed by atoms with Gasteiger partial charge in [0.05, 0.1) is 31.3 Å². The molecule has 10 nitrogen and oxygen atoms in total. The molecule has 1 N–H and O–H groups in total. The predicted molar refractivity (Wildman–Crippen MR) is 127 cm³/mol. The van der Waals surface area contributed by atoms with Crippen LogP contribution in [0.4, 0.5) is 4.79 Å². The van der Waals surface area contributed by atoms with E-state index in [1.165, 1.54) is 4.31 Å². The van der Waals surface area contributed by atoms with Crippen LogP contribution in [0.1, 0.15) is 25.8 Å². The lowest BCUT2D eigenvalue weighted by molar-refractivity contribution is -0.122. The lowest BCUT2D eigenvalue weighted by Gasteiger charge is -2.26. The highest BCUT2D eigenvalue weighted by molar-refractivity contribution is 7.89. The summed E-state index contributed by atoms with van der Waals surface area (Å²) in [4.78, 5) is 28.6. The van der Waals surface area contributed by atoms with Crippen molar-refractivity contribution in [3.63, 3.8) is 0 Å². The average Bonchev–Trinajstić information content (AvgIpc) is 3.07. The lowest BCUT2D eigenvalue weighted by Crippen LogP contribution is -2.40. The summed E-state index contributed by atoms with van der Waals surface area (Å²) in [5.41, 5.74) is 0.823. The maximum Gasteiger partial charge on any atom is 0.409 e. The third kappa shape index (κ3) is 7.66. The van der Waals surface area contributed by atoms with Gasteiger partial charge in [-0.25, -0.2) is 13.2 Å². The van der Waals surface area contributed by atoms with Gasteiger partial charge < -0.3 is 19.7 Å². The van der Waals surface area contributed by atoms with Gasteiger partial charge in [-0.05, 0) is 30.0 Å².